The van der Waals surface area contributed by atoms with Gasteiger partial charge in [-0.15, -0.1) is 0 Å². The van der Waals surface area contributed by atoms with Gasteiger partial charge in [-0.1, -0.05) is 18.2 Å². The number of hydrogen-bond acceptors (Lipinski definition) is 2. The molecule has 2 N–H and O–H groups in total. The van der Waals surface area contributed by atoms with Crippen LogP contribution in [0.2, 0.25) is 0 Å². The van der Waals surface area contributed by atoms with Gasteiger partial charge in [0, 0.05) is 0 Å². The molecule has 1 fully saturated rings. The van der Waals surface area contributed by atoms with E-state index in [-0.39, 0.29) is 5.92 Å². The first-order valence-electron chi connectivity index (χ1n) is 6.93. The summed E-state index contributed by atoms with van der Waals surface area (Å²) in [6, 6.07) is 5.85. The highest BCUT2D eigenvalue weighted by atomic mass is 16.4. The molecule has 4 nitrogen and oxygen atoms in total. The highest BCUT2D eigenvalue weighted by Crippen LogP contribution is 2.42. The SMILES string of the molecule is Cc1cccc(C2CC(C(=O)O)CCC2C(=O)O)c1C. The zero-order chi connectivity index (χ0) is 14.9. The molecule has 2 rings (SSSR count). The van der Waals surface area contributed by atoms with Gasteiger partial charge in [0.15, 0.2) is 0 Å². The van der Waals surface area contributed by atoms with Gasteiger partial charge in [0.2, 0.25) is 0 Å². The lowest BCUT2D eigenvalue weighted by atomic mass is 9.70. The van der Waals surface area contributed by atoms with E-state index in [1.54, 1.807) is 0 Å². The Hall–Kier alpha value is -1.84. The molecule has 1 aliphatic rings. The molecule has 1 aromatic rings. The van der Waals surface area contributed by atoms with E-state index >= 15 is 0 Å². The Labute approximate surface area is 118 Å². The average molecular weight is 276 g/mol. The fourth-order valence-electron chi connectivity index (χ4n) is 3.21. The van der Waals surface area contributed by atoms with Gasteiger partial charge in [-0.25, -0.2) is 0 Å². The number of carboxylic acid groups (broad SMARTS) is 2. The minimum Gasteiger partial charge on any atom is -0.481 e. The Morgan fingerprint density at radius 1 is 1.10 bits per heavy atom. The van der Waals surface area contributed by atoms with Crippen molar-refractivity contribution in [2.24, 2.45) is 11.8 Å². The minimum atomic E-state index is -0.820. The van der Waals surface area contributed by atoms with Gasteiger partial charge in [0.1, 0.15) is 0 Å². The molecule has 0 amide bonds. The molecular weight excluding hydrogens is 256 g/mol. The molecule has 4 heteroatoms. The summed E-state index contributed by atoms with van der Waals surface area (Å²) in [6.45, 7) is 3.97. The van der Waals surface area contributed by atoms with Gasteiger partial charge in [-0.2, -0.15) is 0 Å². The maximum atomic E-state index is 11.5. The molecule has 108 valence electrons. The van der Waals surface area contributed by atoms with Crippen LogP contribution in [-0.4, -0.2) is 22.2 Å². The lowest BCUT2D eigenvalue weighted by Crippen LogP contribution is -2.32. The van der Waals surface area contributed by atoms with Crippen molar-refractivity contribution in [2.45, 2.75) is 39.0 Å². The first-order chi connectivity index (χ1) is 9.41. The summed E-state index contributed by atoms with van der Waals surface area (Å²) in [5.74, 6) is -2.76. The summed E-state index contributed by atoms with van der Waals surface area (Å²) >= 11 is 0. The molecule has 0 spiro atoms. The maximum Gasteiger partial charge on any atom is 0.307 e. The molecule has 0 aromatic heterocycles. The number of rotatable bonds is 3. The highest BCUT2D eigenvalue weighted by molar-refractivity contribution is 5.74. The lowest BCUT2D eigenvalue weighted by molar-refractivity contribution is -0.149. The third-order valence-electron chi connectivity index (χ3n) is 4.56. The van der Waals surface area contributed by atoms with Gasteiger partial charge in [0.05, 0.1) is 11.8 Å². The van der Waals surface area contributed by atoms with Crippen LogP contribution in [0.4, 0.5) is 0 Å². The van der Waals surface area contributed by atoms with Crippen LogP contribution in [0.25, 0.3) is 0 Å². The average Bonchev–Trinajstić information content (AvgIpc) is 2.41. The van der Waals surface area contributed by atoms with Crippen LogP contribution in [0.15, 0.2) is 18.2 Å². The van der Waals surface area contributed by atoms with Crippen LogP contribution in [0, 0.1) is 25.7 Å². The van der Waals surface area contributed by atoms with Crippen molar-refractivity contribution in [3.05, 3.63) is 34.9 Å². The van der Waals surface area contributed by atoms with Gasteiger partial charge >= 0.3 is 11.9 Å². The van der Waals surface area contributed by atoms with Crippen molar-refractivity contribution in [1.82, 2.24) is 0 Å². The molecule has 0 heterocycles. The van der Waals surface area contributed by atoms with E-state index < -0.39 is 23.8 Å². The standard InChI is InChI=1S/C16H20O4/c1-9-4-3-5-12(10(9)2)14-8-11(15(17)18)6-7-13(14)16(19)20/h3-5,11,13-14H,6-8H2,1-2H3,(H,17,18)(H,19,20). The normalized spacial score (nSPS) is 26.2. The van der Waals surface area contributed by atoms with Crippen molar-refractivity contribution in [3.63, 3.8) is 0 Å². The Bertz CT molecular complexity index is 535. The number of aliphatic carboxylic acids is 2. The van der Waals surface area contributed by atoms with E-state index in [0.29, 0.717) is 19.3 Å². The zero-order valence-electron chi connectivity index (χ0n) is 11.8. The molecule has 0 radical (unpaired) electrons. The largest absolute Gasteiger partial charge is 0.481 e. The highest BCUT2D eigenvalue weighted by Gasteiger charge is 2.38. The Morgan fingerprint density at radius 2 is 1.80 bits per heavy atom. The molecule has 1 aliphatic carbocycles. The molecule has 3 atom stereocenters. The molecule has 20 heavy (non-hydrogen) atoms. The Kier molecular flexibility index (Phi) is 4.12. The van der Waals surface area contributed by atoms with E-state index in [1.165, 1.54) is 0 Å². The smallest absolute Gasteiger partial charge is 0.307 e. The number of hydrogen-bond donors (Lipinski definition) is 2. The van der Waals surface area contributed by atoms with E-state index in [4.69, 9.17) is 0 Å². The van der Waals surface area contributed by atoms with Crippen LogP contribution in [0.1, 0.15) is 41.9 Å². The number of carbonyl (C=O) groups is 2. The van der Waals surface area contributed by atoms with E-state index in [9.17, 15) is 19.8 Å². The molecule has 1 aromatic carbocycles. The molecule has 0 aliphatic heterocycles. The van der Waals surface area contributed by atoms with Crippen molar-refractivity contribution in [1.29, 1.82) is 0 Å². The van der Waals surface area contributed by atoms with Gasteiger partial charge in [0.25, 0.3) is 0 Å². The summed E-state index contributed by atoms with van der Waals surface area (Å²) in [4.78, 5) is 22.7. The van der Waals surface area contributed by atoms with E-state index in [1.807, 2.05) is 32.0 Å². The summed E-state index contributed by atoms with van der Waals surface area (Å²) in [7, 11) is 0. The topological polar surface area (TPSA) is 74.6 Å². The van der Waals surface area contributed by atoms with Crippen molar-refractivity contribution < 1.29 is 19.8 Å². The van der Waals surface area contributed by atoms with Crippen LogP contribution >= 0.6 is 0 Å². The second-order valence-corrected chi connectivity index (χ2v) is 5.69. The van der Waals surface area contributed by atoms with Crippen molar-refractivity contribution in [2.75, 3.05) is 0 Å². The quantitative estimate of drug-likeness (QED) is 0.890. The zero-order valence-corrected chi connectivity index (χ0v) is 11.8. The van der Waals surface area contributed by atoms with Crippen LogP contribution < -0.4 is 0 Å². The Balaban J connectivity index is 2.39. The summed E-state index contributed by atoms with van der Waals surface area (Å²) in [6.07, 6.45) is 1.30. The van der Waals surface area contributed by atoms with Crippen LogP contribution in [0.5, 0.6) is 0 Å². The monoisotopic (exact) mass is 276 g/mol. The van der Waals surface area contributed by atoms with Crippen LogP contribution in [0.3, 0.4) is 0 Å². The summed E-state index contributed by atoms with van der Waals surface area (Å²) in [5, 5.41) is 18.6. The molecular formula is C16H20O4. The van der Waals surface area contributed by atoms with Crippen LogP contribution in [-0.2, 0) is 9.59 Å². The molecule has 0 bridgehead atoms. The first kappa shape index (κ1) is 14.6. The predicted molar refractivity (Wildman–Crippen MR) is 74.8 cm³/mol. The second-order valence-electron chi connectivity index (χ2n) is 5.69. The summed E-state index contributed by atoms with van der Waals surface area (Å²) in [5.41, 5.74) is 3.18. The fourth-order valence-corrected chi connectivity index (χ4v) is 3.21. The number of benzene rings is 1. The third-order valence-corrected chi connectivity index (χ3v) is 4.56. The van der Waals surface area contributed by atoms with Crippen molar-refractivity contribution in [3.8, 4) is 0 Å². The summed E-state index contributed by atoms with van der Waals surface area (Å²) < 4.78 is 0. The Morgan fingerprint density at radius 3 is 2.40 bits per heavy atom. The predicted octanol–water partition coefficient (Wildman–Crippen LogP) is 2.97. The molecule has 0 saturated heterocycles. The second kappa shape index (κ2) is 5.65. The maximum absolute atomic E-state index is 11.5. The molecule has 1 saturated carbocycles. The number of aryl methyl sites for hydroxylation is 1. The van der Waals surface area contributed by atoms with E-state index in [2.05, 4.69) is 0 Å². The molecule has 3 unspecified atom stereocenters. The number of carboxylic acids is 2. The van der Waals surface area contributed by atoms with E-state index in [0.717, 1.165) is 16.7 Å². The van der Waals surface area contributed by atoms with Gasteiger partial charge < -0.3 is 10.2 Å². The first-order valence-corrected chi connectivity index (χ1v) is 6.93. The van der Waals surface area contributed by atoms with Gasteiger partial charge in [-0.3, -0.25) is 9.59 Å². The lowest BCUT2D eigenvalue weighted by Gasteiger charge is -2.33. The third kappa shape index (κ3) is 2.69. The van der Waals surface area contributed by atoms with Crippen molar-refractivity contribution >= 4 is 11.9 Å². The minimum absolute atomic E-state index is 0.206. The van der Waals surface area contributed by atoms with Gasteiger partial charge in [-0.05, 0) is 55.7 Å². The fraction of sp³-hybridized carbons (Fsp3) is 0.500.